The average molecular weight is 272 g/mol. The molecule has 2 heterocycles. The summed E-state index contributed by atoms with van der Waals surface area (Å²) in [4.78, 5) is 34.5. The van der Waals surface area contributed by atoms with Gasteiger partial charge in [-0.05, 0) is 26.3 Å². The molecule has 0 aliphatic heterocycles. The maximum absolute atomic E-state index is 12.1. The molecule has 1 amide bonds. The first kappa shape index (κ1) is 13.9. The fourth-order valence-corrected chi connectivity index (χ4v) is 1.88. The van der Waals surface area contributed by atoms with Crippen molar-refractivity contribution in [1.29, 1.82) is 0 Å². The minimum Gasteiger partial charge on any atom is -0.326 e. The summed E-state index contributed by atoms with van der Waals surface area (Å²) in [7, 11) is 0. The van der Waals surface area contributed by atoms with Crippen molar-refractivity contribution in [3.8, 4) is 0 Å². The maximum atomic E-state index is 12.1. The molecule has 0 aromatic carbocycles. The molecule has 2 N–H and O–H groups in total. The number of aromatic nitrogens is 3. The van der Waals surface area contributed by atoms with Gasteiger partial charge in [0.2, 0.25) is 5.56 Å². The number of pyridine rings is 1. The van der Waals surface area contributed by atoms with Crippen molar-refractivity contribution < 1.29 is 4.79 Å². The fraction of sp³-hybridized carbons (Fsp3) is 0.286. The number of amides is 1. The van der Waals surface area contributed by atoms with Crippen LogP contribution in [-0.4, -0.2) is 20.9 Å². The Bertz CT molecular complexity index is 707. The van der Waals surface area contributed by atoms with Gasteiger partial charge in [0.15, 0.2) is 0 Å². The first-order chi connectivity index (χ1) is 9.47. The van der Waals surface area contributed by atoms with Gasteiger partial charge in [-0.2, -0.15) is 0 Å². The molecular formula is C14H16N4O2. The lowest BCUT2D eigenvalue weighted by molar-refractivity contribution is 0.102. The van der Waals surface area contributed by atoms with Crippen LogP contribution >= 0.6 is 0 Å². The van der Waals surface area contributed by atoms with Gasteiger partial charge in [-0.3, -0.25) is 9.59 Å². The summed E-state index contributed by atoms with van der Waals surface area (Å²) >= 11 is 0. The SMILES string of the molecule is CCc1cc(NC(=O)c2cc(C)[nH]c(=O)c2)nc(C)n1. The molecule has 6 nitrogen and oxygen atoms in total. The number of nitrogens with one attached hydrogen (secondary N) is 2. The fourth-order valence-electron chi connectivity index (χ4n) is 1.88. The zero-order valence-corrected chi connectivity index (χ0v) is 11.7. The number of hydrogen-bond acceptors (Lipinski definition) is 4. The van der Waals surface area contributed by atoms with Crippen LogP contribution in [-0.2, 0) is 6.42 Å². The molecule has 6 heteroatoms. The van der Waals surface area contributed by atoms with Gasteiger partial charge in [0.25, 0.3) is 5.91 Å². The second-order valence-electron chi connectivity index (χ2n) is 4.52. The number of carbonyl (C=O) groups is 1. The molecule has 0 saturated heterocycles. The van der Waals surface area contributed by atoms with Gasteiger partial charge in [-0.15, -0.1) is 0 Å². The second kappa shape index (κ2) is 5.64. The van der Waals surface area contributed by atoms with Crippen LogP contribution in [0.3, 0.4) is 0 Å². The molecule has 20 heavy (non-hydrogen) atoms. The van der Waals surface area contributed by atoms with Crippen LogP contribution in [0.25, 0.3) is 0 Å². The summed E-state index contributed by atoms with van der Waals surface area (Å²) in [5.74, 6) is 0.679. The summed E-state index contributed by atoms with van der Waals surface area (Å²) < 4.78 is 0. The first-order valence-corrected chi connectivity index (χ1v) is 6.35. The lowest BCUT2D eigenvalue weighted by Gasteiger charge is -2.07. The van der Waals surface area contributed by atoms with Crippen LogP contribution in [0.15, 0.2) is 23.0 Å². The predicted molar refractivity (Wildman–Crippen MR) is 75.9 cm³/mol. The zero-order chi connectivity index (χ0) is 14.7. The number of carbonyl (C=O) groups excluding carboxylic acids is 1. The topological polar surface area (TPSA) is 87.7 Å². The standard InChI is InChI=1S/C14H16N4O2/c1-4-11-7-12(17-9(3)16-11)18-14(20)10-5-8(2)15-13(19)6-10/h5-7H,4H2,1-3H3,(H,15,19)(H,16,17,18,20). The second-order valence-corrected chi connectivity index (χ2v) is 4.52. The van der Waals surface area contributed by atoms with Gasteiger partial charge >= 0.3 is 0 Å². The lowest BCUT2D eigenvalue weighted by atomic mass is 10.2. The van der Waals surface area contributed by atoms with Crippen molar-refractivity contribution >= 4 is 11.7 Å². The van der Waals surface area contributed by atoms with E-state index in [9.17, 15) is 9.59 Å². The van der Waals surface area contributed by atoms with Crippen molar-refractivity contribution in [1.82, 2.24) is 15.0 Å². The van der Waals surface area contributed by atoms with Gasteiger partial charge in [-0.1, -0.05) is 6.92 Å². The minimum atomic E-state index is -0.362. The van der Waals surface area contributed by atoms with E-state index in [1.807, 2.05) is 6.92 Å². The summed E-state index contributed by atoms with van der Waals surface area (Å²) in [6, 6.07) is 4.60. The third-order valence-corrected chi connectivity index (χ3v) is 2.74. The first-order valence-electron chi connectivity index (χ1n) is 6.35. The van der Waals surface area contributed by atoms with Crippen molar-refractivity contribution in [3.63, 3.8) is 0 Å². The molecule has 2 aromatic heterocycles. The van der Waals surface area contributed by atoms with Crippen molar-refractivity contribution in [2.75, 3.05) is 5.32 Å². The van der Waals surface area contributed by atoms with Gasteiger partial charge < -0.3 is 10.3 Å². The summed E-state index contributed by atoms with van der Waals surface area (Å²) in [6.45, 7) is 5.47. The molecular weight excluding hydrogens is 256 g/mol. The Morgan fingerprint density at radius 3 is 2.65 bits per heavy atom. The van der Waals surface area contributed by atoms with E-state index >= 15 is 0 Å². The molecule has 0 atom stereocenters. The molecule has 2 rings (SSSR count). The monoisotopic (exact) mass is 272 g/mol. The highest BCUT2D eigenvalue weighted by atomic mass is 16.2. The summed E-state index contributed by atoms with van der Waals surface area (Å²) in [6.07, 6.45) is 0.760. The third kappa shape index (κ3) is 3.28. The maximum Gasteiger partial charge on any atom is 0.257 e. The van der Waals surface area contributed by atoms with Crippen LogP contribution < -0.4 is 10.9 Å². The van der Waals surface area contributed by atoms with Crippen LogP contribution in [0.1, 0.15) is 34.5 Å². The minimum absolute atomic E-state index is 0.303. The Hall–Kier alpha value is -2.50. The molecule has 0 aliphatic carbocycles. The van der Waals surface area contributed by atoms with E-state index in [-0.39, 0.29) is 11.5 Å². The Kier molecular flexibility index (Phi) is 3.93. The summed E-state index contributed by atoms with van der Waals surface area (Å²) in [5, 5.41) is 2.69. The van der Waals surface area contributed by atoms with E-state index in [1.54, 1.807) is 26.0 Å². The number of aryl methyl sites for hydroxylation is 3. The average Bonchev–Trinajstić information content (AvgIpc) is 2.36. The van der Waals surface area contributed by atoms with E-state index in [0.29, 0.717) is 22.9 Å². The molecule has 0 unspecified atom stereocenters. The van der Waals surface area contributed by atoms with Gasteiger partial charge in [0, 0.05) is 29.1 Å². The molecule has 104 valence electrons. The number of rotatable bonds is 3. The van der Waals surface area contributed by atoms with E-state index in [4.69, 9.17) is 0 Å². The zero-order valence-electron chi connectivity index (χ0n) is 11.7. The molecule has 0 saturated carbocycles. The van der Waals surface area contributed by atoms with Crippen LogP contribution in [0.5, 0.6) is 0 Å². The number of nitrogens with zero attached hydrogens (tertiary/aromatic N) is 2. The van der Waals surface area contributed by atoms with Crippen LogP contribution in [0, 0.1) is 13.8 Å². The number of hydrogen-bond donors (Lipinski definition) is 2. The van der Waals surface area contributed by atoms with Crippen molar-refractivity contribution in [3.05, 3.63) is 51.3 Å². The lowest BCUT2D eigenvalue weighted by Crippen LogP contribution is -2.18. The molecule has 0 radical (unpaired) electrons. The number of anilines is 1. The highest BCUT2D eigenvalue weighted by Gasteiger charge is 2.09. The molecule has 0 bridgehead atoms. The Morgan fingerprint density at radius 2 is 2.00 bits per heavy atom. The van der Waals surface area contributed by atoms with Crippen LogP contribution in [0.2, 0.25) is 0 Å². The highest BCUT2D eigenvalue weighted by molar-refractivity contribution is 6.03. The largest absolute Gasteiger partial charge is 0.326 e. The van der Waals surface area contributed by atoms with Gasteiger partial charge in [0.1, 0.15) is 11.6 Å². The molecule has 0 spiro atoms. The van der Waals surface area contributed by atoms with E-state index in [0.717, 1.165) is 12.1 Å². The quantitative estimate of drug-likeness (QED) is 0.888. The van der Waals surface area contributed by atoms with Crippen molar-refractivity contribution in [2.24, 2.45) is 0 Å². The Balaban J connectivity index is 2.27. The van der Waals surface area contributed by atoms with E-state index < -0.39 is 0 Å². The molecule has 2 aromatic rings. The molecule has 0 fully saturated rings. The molecule has 0 aliphatic rings. The summed E-state index contributed by atoms with van der Waals surface area (Å²) in [5.41, 5.74) is 1.49. The highest BCUT2D eigenvalue weighted by Crippen LogP contribution is 2.09. The van der Waals surface area contributed by atoms with E-state index in [2.05, 4.69) is 20.3 Å². The normalized spacial score (nSPS) is 10.3. The van der Waals surface area contributed by atoms with Crippen molar-refractivity contribution in [2.45, 2.75) is 27.2 Å². The van der Waals surface area contributed by atoms with E-state index in [1.165, 1.54) is 6.07 Å². The Labute approximate surface area is 116 Å². The smallest absolute Gasteiger partial charge is 0.257 e. The third-order valence-electron chi connectivity index (χ3n) is 2.74. The van der Waals surface area contributed by atoms with Gasteiger partial charge in [-0.25, -0.2) is 9.97 Å². The predicted octanol–water partition coefficient (Wildman–Crippen LogP) is 1.60. The number of H-pyrrole nitrogens is 1. The number of aromatic amines is 1. The van der Waals surface area contributed by atoms with Gasteiger partial charge in [0.05, 0.1) is 0 Å². The Morgan fingerprint density at radius 1 is 1.25 bits per heavy atom. The van der Waals surface area contributed by atoms with Crippen LogP contribution in [0.4, 0.5) is 5.82 Å².